The van der Waals surface area contributed by atoms with Gasteiger partial charge in [-0.15, -0.1) is 11.3 Å². The zero-order valence-corrected chi connectivity index (χ0v) is 11.7. The second-order valence-corrected chi connectivity index (χ2v) is 5.39. The second-order valence-electron chi connectivity index (χ2n) is 4.51. The smallest absolute Gasteiger partial charge is 0.127 e. The summed E-state index contributed by atoms with van der Waals surface area (Å²) in [5, 5.41) is 0. The SMILES string of the molecule is CN(Cc1nccn1C)c1ccc2scnc2c1N. The first kappa shape index (κ1) is 12.0. The van der Waals surface area contributed by atoms with Crippen LogP contribution in [0.5, 0.6) is 0 Å². The third kappa shape index (κ3) is 2.04. The largest absolute Gasteiger partial charge is 0.395 e. The number of nitrogens with zero attached hydrogens (tertiary/aromatic N) is 4. The van der Waals surface area contributed by atoms with Crippen LogP contribution in [0, 0.1) is 0 Å². The van der Waals surface area contributed by atoms with E-state index in [-0.39, 0.29) is 0 Å². The molecule has 2 heterocycles. The van der Waals surface area contributed by atoms with Gasteiger partial charge in [-0.25, -0.2) is 9.97 Å². The zero-order valence-electron chi connectivity index (χ0n) is 10.9. The molecule has 5 nitrogen and oxygen atoms in total. The molecular formula is C13H15N5S. The average molecular weight is 273 g/mol. The van der Waals surface area contributed by atoms with Crippen molar-refractivity contribution in [2.45, 2.75) is 6.54 Å². The zero-order chi connectivity index (χ0) is 13.4. The summed E-state index contributed by atoms with van der Waals surface area (Å²) in [5.41, 5.74) is 10.6. The lowest BCUT2D eigenvalue weighted by Crippen LogP contribution is -2.20. The molecule has 19 heavy (non-hydrogen) atoms. The number of imidazole rings is 1. The Morgan fingerprint density at radius 3 is 2.95 bits per heavy atom. The summed E-state index contributed by atoms with van der Waals surface area (Å²) in [6.07, 6.45) is 3.74. The number of nitrogen functional groups attached to an aromatic ring is 1. The van der Waals surface area contributed by atoms with Gasteiger partial charge < -0.3 is 15.2 Å². The van der Waals surface area contributed by atoms with Gasteiger partial charge in [-0.3, -0.25) is 0 Å². The highest BCUT2D eigenvalue weighted by Crippen LogP contribution is 2.32. The molecule has 0 radical (unpaired) electrons. The van der Waals surface area contributed by atoms with Crippen LogP contribution >= 0.6 is 11.3 Å². The summed E-state index contributed by atoms with van der Waals surface area (Å²) < 4.78 is 3.13. The number of rotatable bonds is 3. The Morgan fingerprint density at radius 1 is 1.37 bits per heavy atom. The first-order valence-electron chi connectivity index (χ1n) is 5.96. The fourth-order valence-electron chi connectivity index (χ4n) is 2.12. The summed E-state index contributed by atoms with van der Waals surface area (Å²) in [6.45, 7) is 0.712. The topological polar surface area (TPSA) is 60.0 Å². The van der Waals surface area contributed by atoms with Gasteiger partial charge >= 0.3 is 0 Å². The molecule has 98 valence electrons. The van der Waals surface area contributed by atoms with Crippen molar-refractivity contribution < 1.29 is 0 Å². The molecule has 0 spiro atoms. The van der Waals surface area contributed by atoms with E-state index in [9.17, 15) is 0 Å². The highest BCUT2D eigenvalue weighted by molar-refractivity contribution is 7.16. The fraction of sp³-hybridized carbons (Fsp3) is 0.231. The van der Waals surface area contributed by atoms with Crippen LogP contribution in [0.15, 0.2) is 30.0 Å². The molecule has 0 aliphatic carbocycles. The van der Waals surface area contributed by atoms with Gasteiger partial charge in [0.15, 0.2) is 0 Å². The normalized spacial score (nSPS) is 11.1. The number of aromatic nitrogens is 3. The highest BCUT2D eigenvalue weighted by atomic mass is 32.1. The molecule has 0 saturated carbocycles. The average Bonchev–Trinajstić information content (AvgIpc) is 3.00. The number of hydrogen-bond acceptors (Lipinski definition) is 5. The molecule has 3 aromatic rings. The molecule has 0 aliphatic rings. The van der Waals surface area contributed by atoms with Crippen LogP contribution in [-0.2, 0) is 13.6 Å². The summed E-state index contributed by atoms with van der Waals surface area (Å²) >= 11 is 1.60. The Hall–Kier alpha value is -2.08. The van der Waals surface area contributed by atoms with E-state index < -0.39 is 0 Å². The molecule has 1 aromatic carbocycles. The molecule has 6 heteroatoms. The van der Waals surface area contributed by atoms with Crippen LogP contribution in [-0.4, -0.2) is 21.6 Å². The third-order valence-corrected chi connectivity index (χ3v) is 4.02. The Bertz CT molecular complexity index is 715. The molecule has 2 N–H and O–H groups in total. The lowest BCUT2D eigenvalue weighted by molar-refractivity contribution is 0.762. The van der Waals surface area contributed by atoms with Gasteiger partial charge in [0.05, 0.1) is 28.1 Å². The van der Waals surface area contributed by atoms with Crippen molar-refractivity contribution in [3.63, 3.8) is 0 Å². The summed E-state index contributed by atoms with van der Waals surface area (Å²) in [7, 11) is 4.00. The summed E-state index contributed by atoms with van der Waals surface area (Å²) in [4.78, 5) is 10.7. The van der Waals surface area contributed by atoms with E-state index in [4.69, 9.17) is 5.73 Å². The molecular weight excluding hydrogens is 258 g/mol. The minimum Gasteiger partial charge on any atom is -0.395 e. The van der Waals surface area contributed by atoms with E-state index >= 15 is 0 Å². The van der Waals surface area contributed by atoms with E-state index in [1.54, 1.807) is 17.5 Å². The summed E-state index contributed by atoms with van der Waals surface area (Å²) in [6, 6.07) is 4.10. The van der Waals surface area contributed by atoms with Gasteiger partial charge in [-0.05, 0) is 12.1 Å². The van der Waals surface area contributed by atoms with Gasteiger partial charge in [-0.2, -0.15) is 0 Å². The number of anilines is 2. The number of nitrogens with two attached hydrogens (primary N) is 1. The molecule has 0 saturated heterocycles. The number of hydrogen-bond donors (Lipinski definition) is 1. The van der Waals surface area contributed by atoms with Crippen LogP contribution in [0.2, 0.25) is 0 Å². The third-order valence-electron chi connectivity index (χ3n) is 3.23. The summed E-state index contributed by atoms with van der Waals surface area (Å²) in [5.74, 6) is 1.00. The Balaban J connectivity index is 1.95. The van der Waals surface area contributed by atoms with Gasteiger partial charge in [0.25, 0.3) is 0 Å². The van der Waals surface area contributed by atoms with Crippen LogP contribution in [0.3, 0.4) is 0 Å². The maximum Gasteiger partial charge on any atom is 0.127 e. The predicted octanol–water partition coefficient (Wildman–Crippen LogP) is 2.25. The molecule has 0 amide bonds. The lowest BCUT2D eigenvalue weighted by Gasteiger charge is -2.20. The van der Waals surface area contributed by atoms with Crippen molar-refractivity contribution in [3.8, 4) is 0 Å². The Kier molecular flexibility index (Phi) is 2.87. The maximum absolute atomic E-state index is 6.21. The lowest BCUT2D eigenvalue weighted by atomic mass is 10.2. The van der Waals surface area contributed by atoms with Crippen molar-refractivity contribution in [1.82, 2.24) is 14.5 Å². The number of fused-ring (bicyclic) bond motifs is 1. The monoisotopic (exact) mass is 273 g/mol. The van der Waals surface area contributed by atoms with Gasteiger partial charge in [-0.1, -0.05) is 0 Å². The molecule has 0 fully saturated rings. The molecule has 0 aliphatic heterocycles. The van der Waals surface area contributed by atoms with Crippen molar-refractivity contribution in [2.75, 3.05) is 17.7 Å². The number of thiazole rings is 1. The van der Waals surface area contributed by atoms with Crippen molar-refractivity contribution in [2.24, 2.45) is 7.05 Å². The van der Waals surface area contributed by atoms with Gasteiger partial charge in [0, 0.05) is 26.5 Å². The molecule has 0 unspecified atom stereocenters. The van der Waals surface area contributed by atoms with Crippen LogP contribution in [0.1, 0.15) is 5.82 Å². The van der Waals surface area contributed by atoms with Gasteiger partial charge in [0.1, 0.15) is 11.3 Å². The number of aryl methyl sites for hydroxylation is 1. The van der Waals surface area contributed by atoms with Crippen LogP contribution in [0.4, 0.5) is 11.4 Å². The standard InChI is InChI=1S/C13H15N5S/c1-17-6-5-15-11(17)7-18(2)9-3-4-10-13(12(9)14)16-8-19-10/h3-6,8H,7,14H2,1-2H3. The maximum atomic E-state index is 6.21. The van der Waals surface area contributed by atoms with Crippen LogP contribution < -0.4 is 10.6 Å². The molecule has 2 aromatic heterocycles. The molecule has 3 rings (SSSR count). The minimum absolute atomic E-state index is 0.712. The second kappa shape index (κ2) is 4.55. The van der Waals surface area contributed by atoms with E-state index in [2.05, 4.69) is 20.9 Å². The predicted molar refractivity (Wildman–Crippen MR) is 79.3 cm³/mol. The fourth-order valence-corrected chi connectivity index (χ4v) is 2.81. The molecule has 0 bridgehead atoms. The van der Waals surface area contributed by atoms with E-state index in [0.29, 0.717) is 6.54 Å². The van der Waals surface area contributed by atoms with Crippen LogP contribution in [0.25, 0.3) is 10.2 Å². The first-order chi connectivity index (χ1) is 9.16. The molecule has 0 atom stereocenters. The van der Waals surface area contributed by atoms with Crippen molar-refractivity contribution in [1.29, 1.82) is 0 Å². The quantitative estimate of drug-likeness (QED) is 0.744. The van der Waals surface area contributed by atoms with Gasteiger partial charge in [0.2, 0.25) is 0 Å². The Morgan fingerprint density at radius 2 is 2.21 bits per heavy atom. The highest BCUT2D eigenvalue weighted by Gasteiger charge is 2.12. The van der Waals surface area contributed by atoms with Crippen molar-refractivity contribution in [3.05, 3.63) is 35.9 Å². The van der Waals surface area contributed by atoms with Crippen molar-refractivity contribution >= 4 is 32.9 Å². The van der Waals surface area contributed by atoms with E-state index in [1.165, 1.54) is 0 Å². The number of benzene rings is 1. The minimum atomic E-state index is 0.712. The van der Waals surface area contributed by atoms with E-state index in [1.807, 2.05) is 36.4 Å². The first-order valence-corrected chi connectivity index (χ1v) is 6.84. The Labute approximate surface area is 115 Å². The van der Waals surface area contributed by atoms with E-state index in [0.717, 1.165) is 27.4 Å².